The first-order valence-corrected chi connectivity index (χ1v) is 4.14. The van der Waals surface area contributed by atoms with Crippen LogP contribution >= 0.6 is 0 Å². The van der Waals surface area contributed by atoms with Crippen molar-refractivity contribution < 1.29 is 18.0 Å². The predicted octanol–water partition coefficient (Wildman–Crippen LogP) is 2.63. The molecule has 1 nitrogen and oxygen atoms in total. The first-order chi connectivity index (χ1) is 6.52. The average Bonchev–Trinajstić information content (AvgIpc) is 2.11. The molecule has 76 valence electrons. The first-order valence-electron chi connectivity index (χ1n) is 4.14. The number of hydrogen-bond donors (Lipinski definition) is 0. The van der Waals surface area contributed by atoms with Gasteiger partial charge in [-0.2, -0.15) is 0 Å². The second-order valence-electron chi connectivity index (χ2n) is 3.02. The van der Waals surface area contributed by atoms with Crippen molar-refractivity contribution in [3.05, 3.63) is 35.1 Å². The normalized spacial score (nSPS) is 10.3. The number of ketones is 1. The molecule has 4 heteroatoms. The molecule has 0 aliphatic rings. The van der Waals surface area contributed by atoms with Gasteiger partial charge in [-0.15, -0.1) is 0 Å². The molecule has 0 aliphatic carbocycles. The molecule has 0 atom stereocenters. The van der Waals surface area contributed by atoms with Crippen LogP contribution in [0.25, 0.3) is 0 Å². The Kier molecular flexibility index (Phi) is 3.28. The molecule has 1 aromatic rings. The molecular formula is C10H9F3O. The topological polar surface area (TPSA) is 17.1 Å². The molecule has 0 unspecified atom stereocenters. The third-order valence-corrected chi connectivity index (χ3v) is 1.87. The Balaban J connectivity index is 2.95. The lowest BCUT2D eigenvalue weighted by molar-refractivity contribution is -0.116. The molecule has 0 aromatic heterocycles. The van der Waals surface area contributed by atoms with Crippen LogP contribution in [0.2, 0.25) is 0 Å². The fourth-order valence-corrected chi connectivity index (χ4v) is 1.10. The van der Waals surface area contributed by atoms with Crippen LogP contribution in [0.1, 0.15) is 18.9 Å². The van der Waals surface area contributed by atoms with Gasteiger partial charge in [0.1, 0.15) is 11.6 Å². The lowest BCUT2D eigenvalue weighted by Crippen LogP contribution is -2.02. The maximum absolute atomic E-state index is 13.0. The fraction of sp³-hybridized carbons (Fsp3) is 0.300. The maximum atomic E-state index is 13.0. The molecule has 0 saturated heterocycles. The standard InChI is InChI=1S/C10H9F3O/c1-6(14)2-3-7-8(11)4-5-9(12)10(7)13/h4-5H,2-3H2,1H3. The van der Waals surface area contributed by atoms with Gasteiger partial charge >= 0.3 is 0 Å². The number of carbonyl (C=O) groups excluding carboxylic acids is 1. The van der Waals surface area contributed by atoms with Gasteiger partial charge in [0.25, 0.3) is 0 Å². The van der Waals surface area contributed by atoms with Gasteiger partial charge in [-0.05, 0) is 25.5 Å². The van der Waals surface area contributed by atoms with E-state index in [2.05, 4.69) is 0 Å². The number of hydrogen-bond acceptors (Lipinski definition) is 1. The molecule has 14 heavy (non-hydrogen) atoms. The van der Waals surface area contributed by atoms with Gasteiger partial charge < -0.3 is 4.79 Å². The van der Waals surface area contributed by atoms with Crippen LogP contribution in [-0.4, -0.2) is 5.78 Å². The van der Waals surface area contributed by atoms with Gasteiger partial charge in [-0.3, -0.25) is 0 Å². The molecule has 1 aromatic carbocycles. The van der Waals surface area contributed by atoms with Crippen molar-refractivity contribution in [3.63, 3.8) is 0 Å². The molecular weight excluding hydrogens is 193 g/mol. The Morgan fingerprint density at radius 1 is 1.21 bits per heavy atom. The van der Waals surface area contributed by atoms with Crippen LogP contribution < -0.4 is 0 Å². The van der Waals surface area contributed by atoms with Crippen LogP contribution in [0, 0.1) is 17.5 Å². The molecule has 0 amide bonds. The largest absolute Gasteiger partial charge is 0.300 e. The van der Waals surface area contributed by atoms with E-state index in [-0.39, 0.29) is 24.2 Å². The highest BCUT2D eigenvalue weighted by molar-refractivity contribution is 5.75. The van der Waals surface area contributed by atoms with Crippen LogP contribution in [0.3, 0.4) is 0 Å². The van der Waals surface area contributed by atoms with E-state index >= 15 is 0 Å². The van der Waals surface area contributed by atoms with Gasteiger partial charge in [-0.1, -0.05) is 0 Å². The summed E-state index contributed by atoms with van der Waals surface area (Å²) in [5, 5.41) is 0. The molecule has 0 N–H and O–H groups in total. The van der Waals surface area contributed by atoms with E-state index in [4.69, 9.17) is 0 Å². The Morgan fingerprint density at radius 2 is 1.79 bits per heavy atom. The molecule has 0 saturated carbocycles. The Bertz CT molecular complexity index is 361. The van der Waals surface area contributed by atoms with Crippen molar-refractivity contribution in [1.82, 2.24) is 0 Å². The summed E-state index contributed by atoms with van der Waals surface area (Å²) in [5.74, 6) is -3.30. The maximum Gasteiger partial charge on any atom is 0.164 e. The number of Topliss-reactive ketones (excluding diaryl/α,β-unsaturated/α-hetero) is 1. The van der Waals surface area contributed by atoms with Crippen molar-refractivity contribution in [2.75, 3.05) is 0 Å². The van der Waals surface area contributed by atoms with E-state index in [1.165, 1.54) is 6.92 Å². The zero-order valence-electron chi connectivity index (χ0n) is 7.61. The smallest absolute Gasteiger partial charge is 0.164 e. The van der Waals surface area contributed by atoms with Gasteiger partial charge in [0.15, 0.2) is 11.6 Å². The lowest BCUT2D eigenvalue weighted by Gasteiger charge is -2.03. The predicted molar refractivity (Wildman–Crippen MR) is 45.3 cm³/mol. The minimum atomic E-state index is -1.20. The monoisotopic (exact) mass is 202 g/mol. The summed E-state index contributed by atoms with van der Waals surface area (Å²) in [6, 6.07) is 1.58. The highest BCUT2D eigenvalue weighted by Crippen LogP contribution is 2.17. The van der Waals surface area contributed by atoms with Crippen molar-refractivity contribution >= 4 is 5.78 Å². The second-order valence-corrected chi connectivity index (χ2v) is 3.02. The van der Waals surface area contributed by atoms with Crippen molar-refractivity contribution in [3.8, 4) is 0 Å². The minimum Gasteiger partial charge on any atom is -0.300 e. The molecule has 0 spiro atoms. The van der Waals surface area contributed by atoms with E-state index in [0.29, 0.717) is 0 Å². The second kappa shape index (κ2) is 4.26. The van der Waals surface area contributed by atoms with E-state index in [1.54, 1.807) is 0 Å². The summed E-state index contributed by atoms with van der Waals surface area (Å²) in [6.45, 7) is 1.31. The molecule has 1 rings (SSSR count). The first kappa shape index (κ1) is 10.8. The highest BCUT2D eigenvalue weighted by atomic mass is 19.2. The number of carbonyl (C=O) groups is 1. The highest BCUT2D eigenvalue weighted by Gasteiger charge is 2.13. The van der Waals surface area contributed by atoms with Crippen molar-refractivity contribution in [1.29, 1.82) is 0 Å². The Hall–Kier alpha value is -1.32. The zero-order chi connectivity index (χ0) is 10.7. The fourth-order valence-electron chi connectivity index (χ4n) is 1.10. The van der Waals surface area contributed by atoms with E-state index in [0.717, 1.165) is 12.1 Å². The van der Waals surface area contributed by atoms with Crippen molar-refractivity contribution in [2.24, 2.45) is 0 Å². The van der Waals surface area contributed by atoms with Gasteiger partial charge in [0.2, 0.25) is 0 Å². The minimum absolute atomic E-state index is 0.0112. The number of halogens is 3. The van der Waals surface area contributed by atoms with Gasteiger partial charge in [0, 0.05) is 12.0 Å². The molecule has 0 aliphatic heterocycles. The summed E-state index contributed by atoms with van der Waals surface area (Å²) < 4.78 is 38.6. The summed E-state index contributed by atoms with van der Waals surface area (Å²) in [5.41, 5.74) is -0.361. The van der Waals surface area contributed by atoms with E-state index in [9.17, 15) is 18.0 Å². The molecule has 0 bridgehead atoms. The summed E-state index contributed by atoms with van der Waals surface area (Å²) in [7, 11) is 0. The average molecular weight is 202 g/mol. The Labute approximate surface area is 79.5 Å². The van der Waals surface area contributed by atoms with E-state index < -0.39 is 17.5 Å². The van der Waals surface area contributed by atoms with Gasteiger partial charge in [-0.25, -0.2) is 13.2 Å². The summed E-state index contributed by atoms with van der Waals surface area (Å²) in [4.78, 5) is 10.6. The third kappa shape index (κ3) is 2.34. The molecule has 0 fully saturated rings. The number of benzene rings is 1. The van der Waals surface area contributed by atoms with Crippen molar-refractivity contribution in [2.45, 2.75) is 19.8 Å². The summed E-state index contributed by atoms with van der Waals surface area (Å²) in [6.07, 6.45) is -0.0952. The number of rotatable bonds is 3. The quantitative estimate of drug-likeness (QED) is 0.688. The summed E-state index contributed by atoms with van der Waals surface area (Å²) >= 11 is 0. The lowest BCUT2D eigenvalue weighted by atomic mass is 10.1. The molecule has 0 radical (unpaired) electrons. The van der Waals surface area contributed by atoms with Crippen LogP contribution in [0.15, 0.2) is 12.1 Å². The van der Waals surface area contributed by atoms with Crippen LogP contribution in [0.4, 0.5) is 13.2 Å². The van der Waals surface area contributed by atoms with Gasteiger partial charge in [0.05, 0.1) is 0 Å². The molecule has 0 heterocycles. The van der Waals surface area contributed by atoms with Crippen LogP contribution in [-0.2, 0) is 11.2 Å². The van der Waals surface area contributed by atoms with Crippen LogP contribution in [0.5, 0.6) is 0 Å². The van der Waals surface area contributed by atoms with E-state index in [1.807, 2.05) is 0 Å². The SMILES string of the molecule is CC(=O)CCc1c(F)ccc(F)c1F. The third-order valence-electron chi connectivity index (χ3n) is 1.87. The Morgan fingerprint density at radius 3 is 2.36 bits per heavy atom. The zero-order valence-corrected chi connectivity index (χ0v) is 7.61.